The van der Waals surface area contributed by atoms with Gasteiger partial charge in [0.05, 0.1) is 7.11 Å². The van der Waals surface area contributed by atoms with Crippen LogP contribution in [0.25, 0.3) is 0 Å². The molecule has 1 amide bonds. The van der Waals surface area contributed by atoms with Crippen molar-refractivity contribution in [3.05, 3.63) is 29.8 Å². The second-order valence-corrected chi connectivity index (χ2v) is 5.61. The van der Waals surface area contributed by atoms with Gasteiger partial charge in [-0.05, 0) is 37.0 Å². The summed E-state index contributed by atoms with van der Waals surface area (Å²) in [5, 5.41) is 2.79. The highest BCUT2D eigenvalue weighted by molar-refractivity contribution is 5.80. The molecular formula is C17H25NO4. The average Bonchev–Trinajstić information content (AvgIpc) is 2.51. The van der Waals surface area contributed by atoms with Gasteiger partial charge in [0.15, 0.2) is 6.61 Å². The third kappa shape index (κ3) is 6.61. The van der Waals surface area contributed by atoms with Crippen LogP contribution in [0, 0.1) is 5.92 Å². The van der Waals surface area contributed by atoms with E-state index < -0.39 is 0 Å². The summed E-state index contributed by atoms with van der Waals surface area (Å²) >= 11 is 0. The highest BCUT2D eigenvalue weighted by Gasteiger charge is 2.12. The van der Waals surface area contributed by atoms with Gasteiger partial charge in [0.25, 0.3) is 5.91 Å². The van der Waals surface area contributed by atoms with Crippen molar-refractivity contribution in [1.82, 2.24) is 5.32 Å². The molecule has 0 aliphatic rings. The van der Waals surface area contributed by atoms with Crippen LogP contribution >= 0.6 is 0 Å². The molecule has 1 atom stereocenters. The van der Waals surface area contributed by atoms with Crippen LogP contribution < -0.4 is 10.1 Å². The molecule has 0 aromatic heterocycles. The highest BCUT2D eigenvalue weighted by atomic mass is 16.5. The first kappa shape index (κ1) is 18.0. The number of amides is 1. The topological polar surface area (TPSA) is 64.6 Å². The fraction of sp³-hybridized carbons (Fsp3) is 0.529. The predicted molar refractivity (Wildman–Crippen MR) is 84.7 cm³/mol. The van der Waals surface area contributed by atoms with Crippen LogP contribution in [0.2, 0.25) is 0 Å². The number of hydrogen-bond donors (Lipinski definition) is 1. The Morgan fingerprint density at radius 2 is 1.77 bits per heavy atom. The molecule has 0 bridgehead atoms. The third-order valence-electron chi connectivity index (χ3n) is 3.53. The van der Waals surface area contributed by atoms with Crippen LogP contribution in [0.5, 0.6) is 5.75 Å². The molecule has 5 heteroatoms. The summed E-state index contributed by atoms with van der Waals surface area (Å²) in [6.07, 6.45) is 0.826. The first-order valence-electron chi connectivity index (χ1n) is 7.50. The van der Waals surface area contributed by atoms with Crippen molar-refractivity contribution in [1.29, 1.82) is 0 Å². The maximum Gasteiger partial charge on any atom is 0.306 e. The molecule has 0 saturated heterocycles. The number of hydrogen-bond acceptors (Lipinski definition) is 4. The van der Waals surface area contributed by atoms with Gasteiger partial charge in [0.2, 0.25) is 0 Å². The van der Waals surface area contributed by atoms with E-state index in [0.717, 1.165) is 11.3 Å². The highest BCUT2D eigenvalue weighted by Crippen LogP contribution is 2.12. The van der Waals surface area contributed by atoms with Crippen LogP contribution in [0.3, 0.4) is 0 Å². The Hall–Kier alpha value is -2.04. The first-order valence-corrected chi connectivity index (χ1v) is 7.50. The average molecular weight is 307 g/mol. The maximum atomic E-state index is 11.6. The lowest BCUT2D eigenvalue weighted by Gasteiger charge is -2.17. The maximum absolute atomic E-state index is 11.6. The van der Waals surface area contributed by atoms with Gasteiger partial charge < -0.3 is 14.8 Å². The van der Waals surface area contributed by atoms with Crippen LogP contribution in [-0.2, 0) is 20.7 Å². The number of rotatable bonds is 8. The molecule has 1 rings (SSSR count). The second-order valence-electron chi connectivity index (χ2n) is 5.61. The minimum atomic E-state index is -0.372. The molecule has 0 spiro atoms. The van der Waals surface area contributed by atoms with Crippen molar-refractivity contribution in [2.45, 2.75) is 39.7 Å². The molecule has 1 aromatic rings. The molecular weight excluding hydrogens is 282 g/mol. The Labute approximate surface area is 132 Å². The predicted octanol–water partition coefficient (Wildman–Crippen LogP) is 2.33. The molecule has 0 aliphatic heterocycles. The van der Waals surface area contributed by atoms with E-state index in [1.165, 1.54) is 0 Å². The van der Waals surface area contributed by atoms with Crippen molar-refractivity contribution in [2.75, 3.05) is 13.7 Å². The summed E-state index contributed by atoms with van der Waals surface area (Å²) in [6, 6.07) is 7.57. The van der Waals surface area contributed by atoms with E-state index in [0.29, 0.717) is 12.3 Å². The van der Waals surface area contributed by atoms with Gasteiger partial charge in [-0.1, -0.05) is 26.0 Å². The van der Waals surface area contributed by atoms with Crippen LogP contribution in [0.4, 0.5) is 0 Å². The van der Waals surface area contributed by atoms with Crippen LogP contribution in [0.1, 0.15) is 32.8 Å². The SMILES string of the molecule is COc1ccc(CCC(=O)OCC(=O)N[C@@H](C)C(C)C)cc1. The Morgan fingerprint density at radius 3 is 2.32 bits per heavy atom. The Bertz CT molecular complexity index is 482. The van der Waals surface area contributed by atoms with Gasteiger partial charge in [-0.25, -0.2) is 0 Å². The largest absolute Gasteiger partial charge is 0.497 e. The number of aryl methyl sites for hydroxylation is 1. The third-order valence-corrected chi connectivity index (χ3v) is 3.53. The van der Waals surface area contributed by atoms with Crippen molar-refractivity contribution in [2.24, 2.45) is 5.92 Å². The molecule has 122 valence electrons. The lowest BCUT2D eigenvalue weighted by atomic mass is 10.1. The number of ether oxygens (including phenoxy) is 2. The molecule has 0 saturated carbocycles. The molecule has 1 aromatic carbocycles. The smallest absolute Gasteiger partial charge is 0.306 e. The number of nitrogens with one attached hydrogen (secondary N) is 1. The summed E-state index contributed by atoms with van der Waals surface area (Å²) in [5.41, 5.74) is 1.02. The monoisotopic (exact) mass is 307 g/mol. The van der Waals surface area contributed by atoms with Gasteiger partial charge in [-0.2, -0.15) is 0 Å². The summed E-state index contributed by atoms with van der Waals surface area (Å²) in [5.74, 6) is 0.485. The van der Waals surface area contributed by atoms with Crippen molar-refractivity contribution < 1.29 is 19.1 Å². The standard InChI is InChI=1S/C17H25NO4/c1-12(2)13(3)18-16(19)11-22-17(20)10-7-14-5-8-15(21-4)9-6-14/h5-6,8-9,12-13H,7,10-11H2,1-4H3,(H,18,19)/t13-/m0/s1. The minimum absolute atomic E-state index is 0.0606. The fourth-order valence-corrected chi connectivity index (χ4v) is 1.72. The summed E-state index contributed by atoms with van der Waals surface area (Å²) in [7, 11) is 1.61. The van der Waals surface area contributed by atoms with E-state index in [4.69, 9.17) is 9.47 Å². The molecule has 0 unspecified atom stereocenters. The van der Waals surface area contributed by atoms with Gasteiger partial charge in [-0.3, -0.25) is 9.59 Å². The Balaban J connectivity index is 2.26. The Kier molecular flexibility index (Phi) is 7.43. The number of carbonyl (C=O) groups is 2. The van der Waals surface area contributed by atoms with E-state index in [9.17, 15) is 9.59 Å². The number of carbonyl (C=O) groups excluding carboxylic acids is 2. The zero-order valence-electron chi connectivity index (χ0n) is 13.7. The van der Waals surface area contributed by atoms with E-state index in [-0.39, 0.29) is 30.9 Å². The lowest BCUT2D eigenvalue weighted by Crippen LogP contribution is -2.38. The fourth-order valence-electron chi connectivity index (χ4n) is 1.72. The van der Waals surface area contributed by atoms with E-state index in [2.05, 4.69) is 5.32 Å². The number of methoxy groups -OCH3 is 1. The van der Waals surface area contributed by atoms with Crippen LogP contribution in [0.15, 0.2) is 24.3 Å². The molecule has 22 heavy (non-hydrogen) atoms. The molecule has 0 aliphatic carbocycles. The van der Waals surface area contributed by atoms with E-state index in [1.807, 2.05) is 45.0 Å². The molecule has 0 heterocycles. The van der Waals surface area contributed by atoms with Gasteiger partial charge >= 0.3 is 5.97 Å². The zero-order valence-corrected chi connectivity index (χ0v) is 13.7. The number of benzene rings is 1. The molecule has 1 N–H and O–H groups in total. The van der Waals surface area contributed by atoms with Gasteiger partial charge in [0, 0.05) is 12.5 Å². The van der Waals surface area contributed by atoms with E-state index in [1.54, 1.807) is 7.11 Å². The van der Waals surface area contributed by atoms with Gasteiger partial charge in [-0.15, -0.1) is 0 Å². The quantitative estimate of drug-likeness (QED) is 0.749. The van der Waals surface area contributed by atoms with Crippen LogP contribution in [-0.4, -0.2) is 31.6 Å². The summed E-state index contributed by atoms with van der Waals surface area (Å²) in [4.78, 5) is 23.2. The molecule has 0 fully saturated rings. The first-order chi connectivity index (χ1) is 10.4. The number of esters is 1. The molecule has 5 nitrogen and oxygen atoms in total. The van der Waals surface area contributed by atoms with Gasteiger partial charge in [0.1, 0.15) is 5.75 Å². The summed E-state index contributed by atoms with van der Waals surface area (Å²) in [6.45, 7) is 5.74. The summed E-state index contributed by atoms with van der Waals surface area (Å²) < 4.78 is 10.0. The normalized spacial score (nSPS) is 11.9. The molecule has 0 radical (unpaired) electrons. The Morgan fingerprint density at radius 1 is 1.14 bits per heavy atom. The van der Waals surface area contributed by atoms with Crippen molar-refractivity contribution in [3.63, 3.8) is 0 Å². The minimum Gasteiger partial charge on any atom is -0.497 e. The van der Waals surface area contributed by atoms with Crippen molar-refractivity contribution in [3.8, 4) is 5.75 Å². The zero-order chi connectivity index (χ0) is 16.5. The second kappa shape index (κ2) is 9.07. The van der Waals surface area contributed by atoms with Crippen molar-refractivity contribution >= 4 is 11.9 Å². The lowest BCUT2D eigenvalue weighted by molar-refractivity contribution is -0.148. The van der Waals surface area contributed by atoms with E-state index >= 15 is 0 Å².